The molecule has 4 heterocycles. The van der Waals surface area contributed by atoms with E-state index >= 15 is 0 Å². The molecule has 3 aromatic heterocycles. The fourth-order valence-corrected chi connectivity index (χ4v) is 4.60. The van der Waals surface area contributed by atoms with E-state index < -0.39 is 0 Å². The van der Waals surface area contributed by atoms with Crippen molar-refractivity contribution in [3.05, 3.63) is 48.7 Å². The fourth-order valence-electron chi connectivity index (χ4n) is 4.06. The molecule has 5 aromatic rings. The van der Waals surface area contributed by atoms with Crippen molar-refractivity contribution in [2.24, 2.45) is 0 Å². The zero-order valence-corrected chi connectivity index (χ0v) is 19.3. The van der Waals surface area contributed by atoms with Gasteiger partial charge in [-0.05, 0) is 48.7 Å². The number of fused-ring (bicyclic) bond motifs is 2. The first-order valence-electron chi connectivity index (χ1n) is 11.0. The van der Waals surface area contributed by atoms with Gasteiger partial charge in [-0.3, -0.25) is 10.2 Å². The number of thioether (sulfide) groups is 1. The van der Waals surface area contributed by atoms with Gasteiger partial charge < -0.3 is 20.3 Å². The molecule has 0 radical (unpaired) electrons. The topological polar surface area (TPSA) is 120 Å². The van der Waals surface area contributed by atoms with Gasteiger partial charge in [0.1, 0.15) is 10.8 Å². The summed E-state index contributed by atoms with van der Waals surface area (Å²) in [7, 11) is 0. The third-order valence-electron chi connectivity index (χ3n) is 5.78. The van der Waals surface area contributed by atoms with Crippen molar-refractivity contribution in [3.8, 4) is 0 Å². The van der Waals surface area contributed by atoms with Gasteiger partial charge in [0.2, 0.25) is 5.95 Å². The number of nitrogens with one attached hydrogen (secondary N) is 4. The van der Waals surface area contributed by atoms with Crippen LogP contribution in [0.15, 0.2) is 53.7 Å². The molecular formula is C23H23N9OS. The minimum atomic E-state index is 0.481. The monoisotopic (exact) mass is 473 g/mol. The number of H-pyrrole nitrogens is 2. The third kappa shape index (κ3) is 3.99. The van der Waals surface area contributed by atoms with E-state index in [1.54, 1.807) is 18.0 Å². The Labute approximate surface area is 199 Å². The maximum absolute atomic E-state index is 5.45. The lowest BCUT2D eigenvalue weighted by molar-refractivity contribution is 0.122. The Morgan fingerprint density at radius 2 is 1.79 bits per heavy atom. The molecule has 1 fully saturated rings. The van der Waals surface area contributed by atoms with E-state index in [9.17, 15) is 0 Å². The Balaban J connectivity index is 1.31. The van der Waals surface area contributed by atoms with E-state index in [1.165, 1.54) is 5.69 Å². The van der Waals surface area contributed by atoms with Crippen LogP contribution in [0.3, 0.4) is 0 Å². The maximum Gasteiger partial charge on any atom is 0.231 e. The maximum atomic E-state index is 5.45. The molecule has 34 heavy (non-hydrogen) atoms. The Kier molecular flexibility index (Phi) is 5.40. The predicted molar refractivity (Wildman–Crippen MR) is 136 cm³/mol. The Morgan fingerprint density at radius 3 is 2.62 bits per heavy atom. The lowest BCUT2D eigenvalue weighted by Crippen LogP contribution is -2.36. The molecule has 4 N–H and O–H groups in total. The number of benzene rings is 2. The summed E-state index contributed by atoms with van der Waals surface area (Å²) in [6.45, 7) is 3.34. The van der Waals surface area contributed by atoms with Crippen LogP contribution in [0.4, 0.5) is 28.8 Å². The van der Waals surface area contributed by atoms with E-state index in [4.69, 9.17) is 9.72 Å². The predicted octanol–water partition coefficient (Wildman–Crippen LogP) is 4.27. The van der Waals surface area contributed by atoms with E-state index in [1.807, 2.05) is 36.6 Å². The molecular weight excluding hydrogens is 450 g/mol. The number of nitrogens with zero attached hydrogens (tertiary/aromatic N) is 5. The van der Waals surface area contributed by atoms with Gasteiger partial charge in [-0.1, -0.05) is 0 Å². The van der Waals surface area contributed by atoms with Crippen LogP contribution in [0.1, 0.15) is 0 Å². The van der Waals surface area contributed by atoms with Crippen LogP contribution in [0.2, 0.25) is 0 Å². The van der Waals surface area contributed by atoms with Crippen molar-refractivity contribution in [1.29, 1.82) is 0 Å². The van der Waals surface area contributed by atoms with Gasteiger partial charge in [0, 0.05) is 35.5 Å². The first-order valence-corrected chi connectivity index (χ1v) is 12.2. The smallest absolute Gasteiger partial charge is 0.231 e. The van der Waals surface area contributed by atoms with E-state index in [2.05, 4.69) is 53.0 Å². The molecule has 1 aliphatic rings. The van der Waals surface area contributed by atoms with Crippen LogP contribution in [0.5, 0.6) is 0 Å². The quantitative estimate of drug-likeness (QED) is 0.268. The average molecular weight is 474 g/mol. The van der Waals surface area contributed by atoms with Gasteiger partial charge in [-0.25, -0.2) is 0 Å². The van der Waals surface area contributed by atoms with Gasteiger partial charge in [-0.2, -0.15) is 20.2 Å². The average Bonchev–Trinajstić information content (AvgIpc) is 3.51. The van der Waals surface area contributed by atoms with Crippen LogP contribution < -0.4 is 15.5 Å². The summed E-state index contributed by atoms with van der Waals surface area (Å²) in [6.07, 6.45) is 3.79. The lowest BCUT2D eigenvalue weighted by Gasteiger charge is -2.28. The number of aromatic nitrogens is 6. The Bertz CT molecular complexity index is 1440. The molecule has 172 valence electrons. The molecule has 0 bridgehead atoms. The molecule has 0 atom stereocenters. The third-order valence-corrected chi connectivity index (χ3v) is 6.46. The Morgan fingerprint density at radius 1 is 0.971 bits per heavy atom. The van der Waals surface area contributed by atoms with Crippen molar-refractivity contribution in [2.75, 3.05) is 48.1 Å². The number of rotatable bonds is 6. The van der Waals surface area contributed by atoms with Gasteiger partial charge in [0.25, 0.3) is 0 Å². The molecule has 6 rings (SSSR count). The van der Waals surface area contributed by atoms with Crippen molar-refractivity contribution in [1.82, 2.24) is 30.4 Å². The molecule has 0 amide bonds. The summed E-state index contributed by atoms with van der Waals surface area (Å²) in [4.78, 5) is 11.8. The number of ether oxygens (including phenoxy) is 1. The fraction of sp³-hybridized carbons (Fsp3) is 0.217. The molecule has 0 saturated carbocycles. The Hall–Kier alpha value is -3.83. The molecule has 0 spiro atoms. The second kappa shape index (κ2) is 8.84. The van der Waals surface area contributed by atoms with Gasteiger partial charge in [0.15, 0.2) is 5.65 Å². The summed E-state index contributed by atoms with van der Waals surface area (Å²) in [5.74, 6) is 1.16. The number of anilines is 5. The second-order valence-electron chi connectivity index (χ2n) is 7.92. The number of hydrogen-bond acceptors (Lipinski definition) is 9. The highest BCUT2D eigenvalue weighted by molar-refractivity contribution is 7.98. The molecule has 11 heteroatoms. The minimum Gasteiger partial charge on any atom is -0.378 e. The molecule has 0 unspecified atom stereocenters. The zero-order valence-electron chi connectivity index (χ0n) is 18.5. The summed E-state index contributed by atoms with van der Waals surface area (Å²) >= 11 is 1.55. The molecule has 2 aromatic carbocycles. The SMILES string of the molecule is CSc1n[nH]c2nc(Nc3ccc(N4CCOCC4)cc3)nc(Nc3ccc4[nH]ncc4c3)c12. The van der Waals surface area contributed by atoms with Crippen molar-refractivity contribution in [2.45, 2.75) is 5.03 Å². The van der Waals surface area contributed by atoms with Crippen molar-refractivity contribution in [3.63, 3.8) is 0 Å². The van der Waals surface area contributed by atoms with Crippen LogP contribution in [-0.2, 0) is 4.74 Å². The standard InChI is InChI=1S/C23H23N9OS/c1-34-22-19-20(25-16-4-7-18-14(12-16)13-24-29-18)27-23(28-21(19)30-31-22)26-15-2-5-17(6-3-15)32-8-10-33-11-9-32/h2-7,12-13H,8-11H2,1H3,(H,24,29)(H3,25,26,27,28,30,31). The highest BCUT2D eigenvalue weighted by Crippen LogP contribution is 2.32. The molecule has 10 nitrogen and oxygen atoms in total. The zero-order chi connectivity index (χ0) is 22.9. The normalized spacial score (nSPS) is 14.1. The van der Waals surface area contributed by atoms with Gasteiger partial charge >= 0.3 is 0 Å². The first kappa shape index (κ1) is 20.8. The second-order valence-corrected chi connectivity index (χ2v) is 8.72. The van der Waals surface area contributed by atoms with Crippen LogP contribution in [0.25, 0.3) is 21.9 Å². The molecule has 0 aliphatic carbocycles. The highest BCUT2D eigenvalue weighted by atomic mass is 32.2. The van der Waals surface area contributed by atoms with Crippen LogP contribution in [0, 0.1) is 0 Å². The van der Waals surface area contributed by atoms with E-state index in [-0.39, 0.29) is 0 Å². The number of morpholine rings is 1. The molecule has 1 aliphatic heterocycles. The van der Waals surface area contributed by atoms with Crippen LogP contribution in [-0.4, -0.2) is 62.9 Å². The van der Waals surface area contributed by atoms with Crippen molar-refractivity contribution < 1.29 is 4.74 Å². The number of aromatic amines is 2. The summed E-state index contributed by atoms with van der Waals surface area (Å²) < 4.78 is 5.45. The highest BCUT2D eigenvalue weighted by Gasteiger charge is 2.16. The van der Waals surface area contributed by atoms with Crippen molar-refractivity contribution >= 4 is 62.5 Å². The number of hydrogen-bond donors (Lipinski definition) is 4. The van der Waals surface area contributed by atoms with E-state index in [0.29, 0.717) is 17.4 Å². The molecule has 1 saturated heterocycles. The first-order chi connectivity index (χ1) is 16.8. The summed E-state index contributed by atoms with van der Waals surface area (Å²) in [5.41, 5.74) is 4.64. The summed E-state index contributed by atoms with van der Waals surface area (Å²) in [6, 6.07) is 14.3. The van der Waals surface area contributed by atoms with E-state index in [0.717, 1.165) is 59.0 Å². The van der Waals surface area contributed by atoms with Gasteiger partial charge in [0.05, 0.1) is 30.3 Å². The lowest BCUT2D eigenvalue weighted by atomic mass is 10.2. The minimum absolute atomic E-state index is 0.481. The van der Waals surface area contributed by atoms with Crippen LogP contribution >= 0.6 is 11.8 Å². The summed E-state index contributed by atoms with van der Waals surface area (Å²) in [5, 5.41) is 24.0. The largest absolute Gasteiger partial charge is 0.378 e. The van der Waals surface area contributed by atoms with Gasteiger partial charge in [-0.15, -0.1) is 11.8 Å².